The maximum absolute atomic E-state index is 12.4. The van der Waals surface area contributed by atoms with Crippen molar-refractivity contribution in [1.29, 1.82) is 0 Å². The number of hydrogen-bond donors (Lipinski definition) is 5. The van der Waals surface area contributed by atoms with Crippen molar-refractivity contribution in [1.82, 2.24) is 21.3 Å². The standard InChI is InChI=1S/C19H28N4O8/c1-11-17(29)23-19(6-7-19)18(30)21-10-16(28)31-12(4-2-3-5-15(26)27)8-13(24)20-9-14(25)22-11/h11-12H,2-10H2,1H3,(H,20,24)(H,21,30)(H,22,25)(H,23,29)(H,26,27)/t11-,12-/m1/s1. The van der Waals surface area contributed by atoms with Crippen molar-refractivity contribution < 1.29 is 38.6 Å². The van der Waals surface area contributed by atoms with Crippen LogP contribution in [0.3, 0.4) is 0 Å². The highest BCUT2D eigenvalue weighted by Crippen LogP contribution is 2.35. The third-order valence-corrected chi connectivity index (χ3v) is 5.04. The van der Waals surface area contributed by atoms with Crippen molar-refractivity contribution in [3.63, 3.8) is 0 Å². The fraction of sp³-hybridized carbons (Fsp3) is 0.684. The molecule has 1 aliphatic heterocycles. The first kappa shape index (κ1) is 24.1. The van der Waals surface area contributed by atoms with E-state index in [0.717, 1.165) is 0 Å². The number of ether oxygens (including phenoxy) is 1. The second kappa shape index (κ2) is 10.7. The number of carbonyl (C=O) groups is 6. The molecule has 1 spiro atoms. The Labute approximate surface area is 178 Å². The third kappa shape index (κ3) is 7.87. The summed E-state index contributed by atoms with van der Waals surface area (Å²) in [5.41, 5.74) is -1.11. The van der Waals surface area contributed by atoms with Crippen LogP contribution < -0.4 is 21.3 Å². The highest BCUT2D eigenvalue weighted by Gasteiger charge is 2.51. The molecular weight excluding hydrogens is 412 g/mol. The molecule has 1 saturated heterocycles. The predicted octanol–water partition coefficient (Wildman–Crippen LogP) is -1.67. The Morgan fingerprint density at radius 3 is 2.42 bits per heavy atom. The van der Waals surface area contributed by atoms with Gasteiger partial charge in [-0.25, -0.2) is 0 Å². The van der Waals surface area contributed by atoms with Crippen LogP contribution in [0.2, 0.25) is 0 Å². The molecule has 1 aliphatic carbocycles. The van der Waals surface area contributed by atoms with Gasteiger partial charge in [-0.15, -0.1) is 0 Å². The topological polar surface area (TPSA) is 180 Å². The van der Waals surface area contributed by atoms with E-state index in [1.54, 1.807) is 0 Å². The number of aliphatic carboxylic acids is 1. The number of nitrogens with one attached hydrogen (secondary N) is 4. The Morgan fingerprint density at radius 1 is 1.06 bits per heavy atom. The zero-order valence-corrected chi connectivity index (χ0v) is 17.3. The normalized spacial score (nSPS) is 25.0. The number of esters is 1. The maximum atomic E-state index is 12.4. The summed E-state index contributed by atoms with van der Waals surface area (Å²) in [6.45, 7) is 0.647. The van der Waals surface area contributed by atoms with E-state index in [0.29, 0.717) is 25.7 Å². The first-order valence-corrected chi connectivity index (χ1v) is 10.2. The average molecular weight is 440 g/mol. The van der Waals surface area contributed by atoms with Crippen LogP contribution in [0.1, 0.15) is 51.9 Å². The number of cyclic esters (lactones) is 1. The summed E-state index contributed by atoms with van der Waals surface area (Å²) in [5.74, 6) is -3.92. The number of unbranched alkanes of at least 4 members (excludes halogenated alkanes) is 1. The molecule has 2 rings (SSSR count). The highest BCUT2D eigenvalue weighted by atomic mass is 16.5. The van der Waals surface area contributed by atoms with Crippen LogP contribution in [0.5, 0.6) is 0 Å². The predicted molar refractivity (Wildman–Crippen MR) is 104 cm³/mol. The third-order valence-electron chi connectivity index (χ3n) is 5.04. The Bertz CT molecular complexity index is 749. The van der Waals surface area contributed by atoms with E-state index in [4.69, 9.17) is 9.84 Å². The van der Waals surface area contributed by atoms with E-state index < -0.39 is 59.8 Å². The number of amides is 4. The maximum Gasteiger partial charge on any atom is 0.325 e. The van der Waals surface area contributed by atoms with E-state index in [2.05, 4.69) is 21.3 Å². The van der Waals surface area contributed by atoms with Crippen molar-refractivity contribution in [3.8, 4) is 0 Å². The van der Waals surface area contributed by atoms with Crippen molar-refractivity contribution in [2.24, 2.45) is 0 Å². The molecule has 0 radical (unpaired) electrons. The molecule has 1 saturated carbocycles. The SMILES string of the molecule is C[C@H]1NC(=O)CNC(=O)C[C@@H](CCCCC(=O)O)OC(=O)CNC(=O)C2(CC2)NC1=O. The molecule has 0 aromatic heterocycles. The first-order chi connectivity index (χ1) is 14.6. The van der Waals surface area contributed by atoms with Gasteiger partial charge in [0, 0.05) is 6.42 Å². The van der Waals surface area contributed by atoms with Gasteiger partial charge in [-0.2, -0.15) is 0 Å². The molecule has 1 heterocycles. The number of rotatable bonds is 5. The van der Waals surface area contributed by atoms with Crippen molar-refractivity contribution in [2.75, 3.05) is 13.1 Å². The summed E-state index contributed by atoms with van der Waals surface area (Å²) in [5, 5.41) is 18.6. The highest BCUT2D eigenvalue weighted by molar-refractivity contribution is 5.97. The molecule has 5 N–H and O–H groups in total. The molecule has 4 amide bonds. The molecule has 0 aromatic rings. The van der Waals surface area contributed by atoms with Gasteiger partial charge in [0.1, 0.15) is 24.2 Å². The lowest BCUT2D eigenvalue weighted by Gasteiger charge is -2.22. The minimum atomic E-state index is -1.11. The number of carbonyl (C=O) groups excluding carboxylic acids is 5. The summed E-state index contributed by atoms with van der Waals surface area (Å²) < 4.78 is 5.28. The summed E-state index contributed by atoms with van der Waals surface area (Å²) in [6, 6.07) is -0.922. The van der Waals surface area contributed by atoms with Gasteiger partial charge in [0.2, 0.25) is 23.6 Å². The second-order valence-corrected chi connectivity index (χ2v) is 7.78. The van der Waals surface area contributed by atoms with Gasteiger partial charge in [-0.05, 0) is 39.0 Å². The fourth-order valence-corrected chi connectivity index (χ4v) is 3.09. The van der Waals surface area contributed by atoms with Crippen molar-refractivity contribution in [2.45, 2.75) is 69.6 Å². The molecule has 172 valence electrons. The number of hydrogen-bond acceptors (Lipinski definition) is 7. The smallest absolute Gasteiger partial charge is 0.325 e. The van der Waals surface area contributed by atoms with Gasteiger partial charge < -0.3 is 31.1 Å². The van der Waals surface area contributed by atoms with Gasteiger partial charge in [-0.1, -0.05) is 0 Å². The molecular formula is C19H28N4O8. The van der Waals surface area contributed by atoms with Crippen LogP contribution >= 0.6 is 0 Å². The fourth-order valence-electron chi connectivity index (χ4n) is 3.09. The molecule has 2 fully saturated rings. The lowest BCUT2D eigenvalue weighted by Crippen LogP contribution is -2.55. The monoisotopic (exact) mass is 440 g/mol. The van der Waals surface area contributed by atoms with E-state index in [-0.39, 0.29) is 25.8 Å². The lowest BCUT2D eigenvalue weighted by molar-refractivity contribution is -0.151. The minimum Gasteiger partial charge on any atom is -0.481 e. The van der Waals surface area contributed by atoms with Crippen LogP contribution in [0.15, 0.2) is 0 Å². The van der Waals surface area contributed by atoms with E-state index in [1.165, 1.54) is 6.92 Å². The average Bonchev–Trinajstić information content (AvgIpc) is 3.47. The molecule has 12 heteroatoms. The quantitative estimate of drug-likeness (QED) is 0.249. The van der Waals surface area contributed by atoms with Gasteiger partial charge >= 0.3 is 11.9 Å². The zero-order valence-electron chi connectivity index (χ0n) is 17.3. The summed E-state index contributed by atoms with van der Waals surface area (Å²) in [4.78, 5) is 71.6. The number of carboxylic acid groups (broad SMARTS) is 1. The van der Waals surface area contributed by atoms with Crippen LogP contribution in [0.4, 0.5) is 0 Å². The Kier molecular flexibility index (Phi) is 8.34. The van der Waals surface area contributed by atoms with Gasteiger partial charge in [0.25, 0.3) is 0 Å². The molecule has 12 nitrogen and oxygen atoms in total. The second-order valence-electron chi connectivity index (χ2n) is 7.78. The van der Waals surface area contributed by atoms with Crippen LogP contribution in [0, 0.1) is 0 Å². The Hall–Kier alpha value is -3.18. The van der Waals surface area contributed by atoms with E-state index in [1.807, 2.05) is 0 Å². The molecule has 0 aromatic carbocycles. The molecule has 2 atom stereocenters. The van der Waals surface area contributed by atoms with Crippen LogP contribution in [0.25, 0.3) is 0 Å². The van der Waals surface area contributed by atoms with Crippen LogP contribution in [-0.4, -0.2) is 71.4 Å². The lowest BCUT2D eigenvalue weighted by atomic mass is 10.1. The summed E-state index contributed by atoms with van der Waals surface area (Å²) >= 11 is 0. The minimum absolute atomic E-state index is 0.0465. The van der Waals surface area contributed by atoms with Gasteiger partial charge in [0.05, 0.1) is 13.0 Å². The summed E-state index contributed by atoms with van der Waals surface area (Å²) in [7, 11) is 0. The zero-order chi connectivity index (χ0) is 23.0. The van der Waals surface area contributed by atoms with Gasteiger partial charge in [-0.3, -0.25) is 28.8 Å². The van der Waals surface area contributed by atoms with Crippen molar-refractivity contribution in [3.05, 3.63) is 0 Å². The molecule has 0 unspecified atom stereocenters. The number of carboxylic acids is 1. The Morgan fingerprint density at radius 2 is 1.77 bits per heavy atom. The van der Waals surface area contributed by atoms with Crippen molar-refractivity contribution >= 4 is 35.6 Å². The van der Waals surface area contributed by atoms with Gasteiger partial charge in [0.15, 0.2) is 0 Å². The van der Waals surface area contributed by atoms with E-state index >= 15 is 0 Å². The molecule has 31 heavy (non-hydrogen) atoms. The largest absolute Gasteiger partial charge is 0.481 e. The first-order valence-electron chi connectivity index (χ1n) is 10.2. The molecule has 2 aliphatic rings. The molecule has 0 bridgehead atoms. The van der Waals surface area contributed by atoms with Crippen LogP contribution in [-0.2, 0) is 33.5 Å². The summed E-state index contributed by atoms with van der Waals surface area (Å²) in [6.07, 6.45) is 0.730. The van der Waals surface area contributed by atoms with E-state index in [9.17, 15) is 28.8 Å². The Balaban J connectivity index is 2.04.